The summed E-state index contributed by atoms with van der Waals surface area (Å²) in [6, 6.07) is 4.83. The summed E-state index contributed by atoms with van der Waals surface area (Å²) in [5.74, 6) is -0.554. The molecule has 2 N–H and O–H groups in total. The van der Waals surface area contributed by atoms with E-state index in [0.717, 1.165) is 18.3 Å². The van der Waals surface area contributed by atoms with Crippen molar-refractivity contribution in [1.29, 1.82) is 0 Å². The Morgan fingerprint density at radius 3 is 2.55 bits per heavy atom. The smallest absolute Gasteiger partial charge is 0.266 e. The number of sulfonamides is 1. The molecule has 0 spiro atoms. The predicted octanol–water partition coefficient (Wildman–Crippen LogP) is 2.28. The molecule has 1 aromatic heterocycles. The van der Waals surface area contributed by atoms with Crippen LogP contribution in [0.3, 0.4) is 0 Å². The van der Waals surface area contributed by atoms with Gasteiger partial charge < -0.3 is 4.98 Å². The van der Waals surface area contributed by atoms with E-state index in [1.165, 1.54) is 12.1 Å². The number of anilines is 1. The molecule has 0 atom stereocenters. The minimum Gasteiger partial charge on any atom is -0.326 e. The van der Waals surface area contributed by atoms with Gasteiger partial charge in [0.15, 0.2) is 0 Å². The monoisotopic (exact) mass is 316 g/mol. The van der Waals surface area contributed by atoms with E-state index in [4.69, 9.17) is 11.6 Å². The molecule has 0 saturated heterocycles. The highest BCUT2D eigenvalue weighted by molar-refractivity contribution is 7.92. The normalized spacial score (nSPS) is 11.3. The average molecular weight is 317 g/mol. The van der Waals surface area contributed by atoms with Crippen LogP contribution in [0.1, 0.15) is 5.56 Å². The number of hydrogen-bond acceptors (Lipinski definition) is 3. The highest BCUT2D eigenvalue weighted by Crippen LogP contribution is 2.19. The van der Waals surface area contributed by atoms with Crippen LogP contribution < -0.4 is 10.3 Å². The molecule has 1 aromatic carbocycles. The number of H-pyrrole nitrogens is 1. The number of benzene rings is 1. The van der Waals surface area contributed by atoms with Gasteiger partial charge in [-0.3, -0.25) is 9.52 Å². The van der Waals surface area contributed by atoms with Crippen molar-refractivity contribution in [3.05, 3.63) is 57.2 Å². The van der Waals surface area contributed by atoms with Gasteiger partial charge in [-0.25, -0.2) is 12.8 Å². The molecule has 2 rings (SSSR count). The van der Waals surface area contributed by atoms with Crippen molar-refractivity contribution in [1.82, 2.24) is 4.98 Å². The lowest BCUT2D eigenvalue weighted by Crippen LogP contribution is -2.16. The Kier molecular flexibility index (Phi) is 3.82. The van der Waals surface area contributed by atoms with Crippen LogP contribution >= 0.6 is 11.6 Å². The van der Waals surface area contributed by atoms with Gasteiger partial charge >= 0.3 is 0 Å². The summed E-state index contributed by atoms with van der Waals surface area (Å²) >= 11 is 5.58. The molecule has 0 bridgehead atoms. The maximum absolute atomic E-state index is 13.2. The Balaban J connectivity index is 2.40. The summed E-state index contributed by atoms with van der Waals surface area (Å²) in [4.78, 5) is 13.1. The van der Waals surface area contributed by atoms with Crippen molar-refractivity contribution >= 4 is 27.3 Å². The highest BCUT2D eigenvalue weighted by atomic mass is 35.5. The van der Waals surface area contributed by atoms with Crippen molar-refractivity contribution in [2.45, 2.75) is 11.8 Å². The van der Waals surface area contributed by atoms with Gasteiger partial charge in [-0.1, -0.05) is 11.6 Å². The fourth-order valence-corrected chi connectivity index (χ4v) is 2.87. The van der Waals surface area contributed by atoms with E-state index in [2.05, 4.69) is 9.71 Å². The third-order valence-corrected chi connectivity index (χ3v) is 4.08. The van der Waals surface area contributed by atoms with Crippen molar-refractivity contribution in [3.8, 4) is 0 Å². The van der Waals surface area contributed by atoms with Crippen molar-refractivity contribution < 1.29 is 12.8 Å². The Bertz CT molecular complexity index is 797. The van der Waals surface area contributed by atoms with E-state index in [1.54, 1.807) is 6.92 Å². The lowest BCUT2D eigenvalue weighted by molar-refractivity contribution is 0.600. The van der Waals surface area contributed by atoms with E-state index < -0.39 is 21.4 Å². The van der Waals surface area contributed by atoms with Crippen LogP contribution in [-0.2, 0) is 10.0 Å². The van der Waals surface area contributed by atoms with Crippen molar-refractivity contribution in [2.24, 2.45) is 0 Å². The number of aryl methyl sites for hydroxylation is 1. The molecule has 0 amide bonds. The zero-order chi connectivity index (χ0) is 14.9. The van der Waals surface area contributed by atoms with Crippen LogP contribution in [0, 0.1) is 12.7 Å². The molecular weight excluding hydrogens is 307 g/mol. The van der Waals surface area contributed by atoms with Gasteiger partial charge in [-0.05, 0) is 36.8 Å². The maximum Gasteiger partial charge on any atom is 0.266 e. The van der Waals surface area contributed by atoms with Crippen molar-refractivity contribution in [2.75, 3.05) is 4.72 Å². The third-order valence-electron chi connectivity index (χ3n) is 2.44. The van der Waals surface area contributed by atoms with Crippen molar-refractivity contribution in [3.63, 3.8) is 0 Å². The van der Waals surface area contributed by atoms with Gasteiger partial charge in [-0.2, -0.15) is 0 Å². The number of aromatic nitrogens is 1. The zero-order valence-electron chi connectivity index (χ0n) is 10.3. The lowest BCUT2D eigenvalue weighted by Gasteiger charge is -2.09. The number of aromatic amines is 1. The van der Waals surface area contributed by atoms with Crippen LogP contribution in [0.4, 0.5) is 10.1 Å². The molecule has 0 saturated carbocycles. The first kappa shape index (κ1) is 14.5. The standard InChI is InChI=1S/C12H10ClFN2O3S/c1-7-2-8(14)4-9(3-7)16-20(18,19)10-5-11(13)12(17)15-6-10/h2-6,16H,1H3,(H,15,17). The maximum atomic E-state index is 13.2. The van der Waals surface area contributed by atoms with E-state index in [0.29, 0.717) is 5.56 Å². The third kappa shape index (κ3) is 3.17. The SMILES string of the molecule is Cc1cc(F)cc(NS(=O)(=O)c2c[nH]c(=O)c(Cl)c2)c1. The first-order valence-electron chi connectivity index (χ1n) is 5.46. The molecule has 0 radical (unpaired) electrons. The van der Waals surface area contributed by atoms with Gasteiger partial charge in [0.05, 0.1) is 5.69 Å². The second-order valence-corrected chi connectivity index (χ2v) is 6.22. The Labute approximate surface area is 119 Å². The zero-order valence-corrected chi connectivity index (χ0v) is 11.8. The number of halogens is 2. The van der Waals surface area contributed by atoms with Gasteiger partial charge in [0.2, 0.25) is 0 Å². The van der Waals surface area contributed by atoms with Crippen LogP contribution in [0.2, 0.25) is 5.02 Å². The molecule has 0 aliphatic carbocycles. The molecule has 2 aromatic rings. The molecule has 20 heavy (non-hydrogen) atoms. The fraction of sp³-hybridized carbons (Fsp3) is 0.0833. The van der Waals surface area contributed by atoms with E-state index in [9.17, 15) is 17.6 Å². The molecule has 0 aliphatic heterocycles. The molecular formula is C12H10ClFN2O3S. The van der Waals surface area contributed by atoms with E-state index in [-0.39, 0.29) is 15.6 Å². The first-order chi connectivity index (χ1) is 9.28. The average Bonchev–Trinajstić information content (AvgIpc) is 2.30. The topological polar surface area (TPSA) is 79.0 Å². The fourth-order valence-electron chi connectivity index (χ4n) is 1.60. The van der Waals surface area contributed by atoms with Crippen LogP contribution in [-0.4, -0.2) is 13.4 Å². The van der Waals surface area contributed by atoms with Gasteiger partial charge in [0, 0.05) is 6.20 Å². The minimum atomic E-state index is -3.96. The number of hydrogen-bond donors (Lipinski definition) is 2. The first-order valence-corrected chi connectivity index (χ1v) is 7.32. The van der Waals surface area contributed by atoms with Crippen LogP contribution in [0.25, 0.3) is 0 Å². The summed E-state index contributed by atoms with van der Waals surface area (Å²) in [7, 11) is -3.96. The minimum absolute atomic E-state index is 0.0878. The highest BCUT2D eigenvalue weighted by Gasteiger charge is 2.16. The largest absolute Gasteiger partial charge is 0.326 e. The van der Waals surface area contributed by atoms with Gasteiger partial charge in [0.25, 0.3) is 15.6 Å². The van der Waals surface area contributed by atoms with Crippen LogP contribution in [0.5, 0.6) is 0 Å². The lowest BCUT2D eigenvalue weighted by atomic mass is 10.2. The number of rotatable bonds is 3. The summed E-state index contributed by atoms with van der Waals surface area (Å²) in [5.41, 5.74) is 0.0687. The van der Waals surface area contributed by atoms with E-state index in [1.807, 2.05) is 0 Å². The molecule has 0 fully saturated rings. The summed E-state index contributed by atoms with van der Waals surface area (Å²) in [6.07, 6.45) is 1.02. The molecule has 5 nitrogen and oxygen atoms in total. The summed E-state index contributed by atoms with van der Waals surface area (Å²) in [6.45, 7) is 1.64. The molecule has 106 valence electrons. The van der Waals surface area contributed by atoms with Crippen LogP contribution in [0.15, 0.2) is 40.2 Å². The second kappa shape index (κ2) is 5.26. The molecule has 0 unspecified atom stereocenters. The molecule has 0 aliphatic rings. The van der Waals surface area contributed by atoms with Gasteiger partial charge in [0.1, 0.15) is 15.7 Å². The van der Waals surface area contributed by atoms with Gasteiger partial charge in [-0.15, -0.1) is 0 Å². The number of pyridine rings is 1. The predicted molar refractivity (Wildman–Crippen MR) is 74.0 cm³/mol. The summed E-state index contributed by atoms with van der Waals surface area (Å²) in [5, 5.41) is -0.247. The van der Waals surface area contributed by atoms with E-state index >= 15 is 0 Å². The Morgan fingerprint density at radius 1 is 1.25 bits per heavy atom. The Morgan fingerprint density at radius 2 is 1.95 bits per heavy atom. The number of nitrogens with one attached hydrogen (secondary N) is 2. The summed E-state index contributed by atoms with van der Waals surface area (Å²) < 4.78 is 39.6. The molecule has 8 heteroatoms. The molecule has 1 heterocycles. The Hall–Kier alpha value is -1.86. The second-order valence-electron chi connectivity index (χ2n) is 4.14. The quantitative estimate of drug-likeness (QED) is 0.911.